The highest BCUT2D eigenvalue weighted by Gasteiger charge is 2.25. The molecule has 0 amide bonds. The molecule has 86 valence electrons. The van der Waals surface area contributed by atoms with Crippen LogP contribution in [0, 0.1) is 5.92 Å². The third-order valence-corrected chi connectivity index (χ3v) is 3.01. The molecule has 16 heavy (non-hydrogen) atoms. The molecule has 1 aliphatic rings. The molecule has 1 atom stereocenters. The molecule has 0 fully saturated rings. The van der Waals surface area contributed by atoms with Gasteiger partial charge in [0.1, 0.15) is 0 Å². The normalized spacial score (nSPS) is 19.2. The Balaban J connectivity index is 2.37. The Labute approximate surface area is 92.7 Å². The fourth-order valence-electron chi connectivity index (χ4n) is 2.07. The lowest BCUT2D eigenvalue weighted by Gasteiger charge is -2.20. The summed E-state index contributed by atoms with van der Waals surface area (Å²) in [5, 5.41) is 13.2. The summed E-state index contributed by atoms with van der Waals surface area (Å²) in [6.45, 7) is 2.41. The number of hydrogen-bond donors (Lipinski definition) is 1. The molecular formula is C11H14N2O3. The van der Waals surface area contributed by atoms with Crippen molar-refractivity contribution in [3.63, 3.8) is 0 Å². The summed E-state index contributed by atoms with van der Waals surface area (Å²) in [5.41, 5.74) is 1.53. The Morgan fingerprint density at radius 3 is 3.06 bits per heavy atom. The third kappa shape index (κ3) is 1.85. The van der Waals surface area contributed by atoms with Gasteiger partial charge in [-0.2, -0.15) is 5.10 Å². The summed E-state index contributed by atoms with van der Waals surface area (Å²) < 4.78 is 1.42. The van der Waals surface area contributed by atoms with E-state index in [9.17, 15) is 9.59 Å². The largest absolute Gasteiger partial charge is 0.481 e. The quantitative estimate of drug-likeness (QED) is 0.788. The molecule has 5 nitrogen and oxygen atoms in total. The summed E-state index contributed by atoms with van der Waals surface area (Å²) in [7, 11) is 0. The van der Waals surface area contributed by atoms with Crippen molar-refractivity contribution in [2.45, 2.75) is 32.7 Å². The van der Waals surface area contributed by atoms with Crippen LogP contribution in [0.3, 0.4) is 0 Å². The van der Waals surface area contributed by atoms with Crippen molar-refractivity contribution in [3.8, 4) is 0 Å². The van der Waals surface area contributed by atoms with E-state index in [-0.39, 0.29) is 11.5 Å². The monoisotopic (exact) mass is 222 g/mol. The molecule has 0 saturated heterocycles. The second kappa shape index (κ2) is 4.08. The number of rotatable bonds is 2. The highest BCUT2D eigenvalue weighted by Crippen LogP contribution is 2.22. The molecule has 0 radical (unpaired) electrons. The van der Waals surface area contributed by atoms with Crippen LogP contribution in [0.25, 0.3) is 0 Å². The van der Waals surface area contributed by atoms with Gasteiger partial charge in [-0.05, 0) is 31.7 Å². The smallest absolute Gasteiger partial charge is 0.306 e. The molecule has 1 aliphatic carbocycles. The van der Waals surface area contributed by atoms with Crippen LogP contribution in [-0.2, 0) is 24.2 Å². The molecule has 0 aliphatic heterocycles. The van der Waals surface area contributed by atoms with Crippen molar-refractivity contribution >= 4 is 5.97 Å². The highest BCUT2D eigenvalue weighted by atomic mass is 16.4. The first-order chi connectivity index (χ1) is 7.61. The average molecular weight is 222 g/mol. The van der Waals surface area contributed by atoms with Crippen molar-refractivity contribution < 1.29 is 9.90 Å². The van der Waals surface area contributed by atoms with Gasteiger partial charge in [0.2, 0.25) is 0 Å². The van der Waals surface area contributed by atoms with Gasteiger partial charge in [0.15, 0.2) is 0 Å². The molecule has 1 aromatic heterocycles. The van der Waals surface area contributed by atoms with Crippen LogP contribution in [0.5, 0.6) is 0 Å². The molecule has 5 heteroatoms. The van der Waals surface area contributed by atoms with E-state index >= 15 is 0 Å². The van der Waals surface area contributed by atoms with E-state index in [2.05, 4.69) is 5.10 Å². The zero-order chi connectivity index (χ0) is 11.7. The molecule has 1 heterocycles. The minimum Gasteiger partial charge on any atom is -0.481 e. The van der Waals surface area contributed by atoms with Gasteiger partial charge in [0.25, 0.3) is 5.56 Å². The fourth-order valence-corrected chi connectivity index (χ4v) is 2.07. The summed E-state index contributed by atoms with van der Waals surface area (Å²) in [4.78, 5) is 22.4. The van der Waals surface area contributed by atoms with Crippen molar-refractivity contribution in [2.24, 2.45) is 5.92 Å². The lowest BCUT2D eigenvalue weighted by molar-refractivity contribution is -0.142. The van der Waals surface area contributed by atoms with Gasteiger partial charge >= 0.3 is 5.97 Å². The zero-order valence-corrected chi connectivity index (χ0v) is 9.14. The van der Waals surface area contributed by atoms with Crippen LogP contribution in [0.15, 0.2) is 10.9 Å². The van der Waals surface area contributed by atoms with E-state index in [4.69, 9.17) is 5.11 Å². The molecular weight excluding hydrogens is 208 g/mol. The van der Waals surface area contributed by atoms with Gasteiger partial charge in [0, 0.05) is 12.6 Å². The van der Waals surface area contributed by atoms with Gasteiger partial charge in [-0.1, -0.05) is 0 Å². The maximum absolute atomic E-state index is 11.6. The van der Waals surface area contributed by atoms with Crippen LogP contribution < -0.4 is 5.56 Å². The average Bonchev–Trinajstić information content (AvgIpc) is 2.27. The maximum atomic E-state index is 11.6. The van der Waals surface area contributed by atoms with Crippen molar-refractivity contribution in [1.82, 2.24) is 9.78 Å². The van der Waals surface area contributed by atoms with Crippen LogP contribution in [0.2, 0.25) is 0 Å². The lowest BCUT2D eigenvalue weighted by atomic mass is 9.87. The molecule has 0 saturated carbocycles. The number of carboxylic acid groups (broad SMARTS) is 1. The highest BCUT2D eigenvalue weighted by molar-refractivity contribution is 5.70. The van der Waals surface area contributed by atoms with Crippen molar-refractivity contribution in [2.75, 3.05) is 0 Å². The molecule has 1 aromatic rings. The van der Waals surface area contributed by atoms with Crippen molar-refractivity contribution in [1.29, 1.82) is 0 Å². The maximum Gasteiger partial charge on any atom is 0.306 e. The van der Waals surface area contributed by atoms with E-state index in [1.165, 1.54) is 10.7 Å². The minimum absolute atomic E-state index is 0.146. The van der Waals surface area contributed by atoms with E-state index in [1.807, 2.05) is 6.92 Å². The summed E-state index contributed by atoms with van der Waals surface area (Å²) in [6.07, 6.45) is 1.68. The van der Waals surface area contributed by atoms with Crippen LogP contribution in [0.4, 0.5) is 0 Å². The van der Waals surface area contributed by atoms with Crippen LogP contribution >= 0.6 is 0 Å². The van der Waals surface area contributed by atoms with E-state index in [0.29, 0.717) is 25.8 Å². The van der Waals surface area contributed by atoms with Gasteiger partial charge in [-0.15, -0.1) is 0 Å². The SMILES string of the molecule is CCn1nc2c(cc1=O)C[C@@H](C(=O)O)CC2. The van der Waals surface area contributed by atoms with Gasteiger partial charge in [-0.25, -0.2) is 4.68 Å². The number of carboxylic acids is 1. The summed E-state index contributed by atoms with van der Waals surface area (Å²) in [5.74, 6) is -1.16. The van der Waals surface area contributed by atoms with E-state index in [1.54, 1.807) is 0 Å². The summed E-state index contributed by atoms with van der Waals surface area (Å²) in [6, 6.07) is 1.53. The van der Waals surface area contributed by atoms with Crippen molar-refractivity contribution in [3.05, 3.63) is 27.7 Å². The minimum atomic E-state index is -0.787. The Kier molecular flexibility index (Phi) is 2.77. The number of aryl methyl sites for hydroxylation is 2. The molecule has 0 unspecified atom stereocenters. The number of aliphatic carboxylic acids is 1. The second-order valence-corrected chi connectivity index (χ2v) is 4.05. The molecule has 2 rings (SSSR count). The van der Waals surface area contributed by atoms with Crippen LogP contribution in [-0.4, -0.2) is 20.9 Å². The number of aromatic nitrogens is 2. The zero-order valence-electron chi connectivity index (χ0n) is 9.14. The van der Waals surface area contributed by atoms with Gasteiger partial charge in [0.05, 0.1) is 11.6 Å². The van der Waals surface area contributed by atoms with Gasteiger partial charge in [-0.3, -0.25) is 9.59 Å². The first kappa shape index (κ1) is 10.9. The Hall–Kier alpha value is -1.65. The first-order valence-corrected chi connectivity index (χ1v) is 5.44. The predicted molar refractivity (Wildman–Crippen MR) is 57.3 cm³/mol. The van der Waals surface area contributed by atoms with E-state index < -0.39 is 5.97 Å². The number of fused-ring (bicyclic) bond motifs is 1. The molecule has 1 N–H and O–H groups in total. The van der Waals surface area contributed by atoms with E-state index in [0.717, 1.165) is 11.3 Å². The van der Waals surface area contributed by atoms with Crippen LogP contribution in [0.1, 0.15) is 24.6 Å². The fraction of sp³-hybridized carbons (Fsp3) is 0.545. The van der Waals surface area contributed by atoms with Gasteiger partial charge < -0.3 is 5.11 Å². The lowest BCUT2D eigenvalue weighted by Crippen LogP contribution is -2.29. The third-order valence-electron chi connectivity index (χ3n) is 3.01. The predicted octanol–water partition coefficient (Wildman–Crippen LogP) is 0.453. The Morgan fingerprint density at radius 1 is 1.69 bits per heavy atom. The second-order valence-electron chi connectivity index (χ2n) is 4.05. The molecule has 0 aromatic carbocycles. The Morgan fingerprint density at radius 2 is 2.44 bits per heavy atom. The Bertz CT molecular complexity index is 479. The standard InChI is InChI=1S/C11H14N2O3/c1-2-13-10(14)6-8-5-7(11(15)16)3-4-9(8)12-13/h6-7H,2-5H2,1H3,(H,15,16)/t7-/m0/s1. The number of nitrogens with zero attached hydrogens (tertiary/aromatic N) is 2. The number of carbonyl (C=O) groups is 1. The number of hydrogen-bond acceptors (Lipinski definition) is 3. The molecule has 0 bridgehead atoms. The first-order valence-electron chi connectivity index (χ1n) is 5.44. The topological polar surface area (TPSA) is 72.2 Å². The molecule has 0 spiro atoms. The summed E-state index contributed by atoms with van der Waals surface area (Å²) >= 11 is 0.